The predicted molar refractivity (Wildman–Crippen MR) is 123 cm³/mol. The molecule has 1 aliphatic rings. The summed E-state index contributed by atoms with van der Waals surface area (Å²) in [5.74, 6) is 0.746. The van der Waals surface area contributed by atoms with Gasteiger partial charge in [0.25, 0.3) is 5.91 Å². The van der Waals surface area contributed by atoms with E-state index < -0.39 is 0 Å². The Morgan fingerprint density at radius 2 is 1.71 bits per heavy atom. The van der Waals surface area contributed by atoms with Crippen LogP contribution >= 0.6 is 0 Å². The average Bonchev–Trinajstić information content (AvgIpc) is 3.26. The molecule has 0 fully saturated rings. The van der Waals surface area contributed by atoms with Gasteiger partial charge in [-0.3, -0.25) is 4.79 Å². The maximum Gasteiger partial charge on any atom is 0.254 e. The van der Waals surface area contributed by atoms with Crippen LogP contribution in [0, 0.1) is 0 Å². The zero-order valence-electron chi connectivity index (χ0n) is 17.3. The number of oxazole rings is 1. The molecule has 4 heteroatoms. The SMILES string of the molecule is O=C(c1ccc2oc(CCc3ccccc3)nc2c1)N1CC=C(c2ccccc2)CC1. The van der Waals surface area contributed by atoms with Crippen molar-refractivity contribution in [2.75, 3.05) is 13.1 Å². The minimum atomic E-state index is 0.0408. The molecule has 0 saturated heterocycles. The van der Waals surface area contributed by atoms with Gasteiger partial charge in [-0.1, -0.05) is 66.7 Å². The fraction of sp³-hybridized carbons (Fsp3) is 0.185. The molecule has 5 rings (SSSR count). The van der Waals surface area contributed by atoms with Crippen LogP contribution in [0.15, 0.2) is 89.4 Å². The predicted octanol–water partition coefficient (Wildman–Crippen LogP) is 5.54. The quantitative estimate of drug-likeness (QED) is 0.435. The molecule has 1 aliphatic heterocycles. The van der Waals surface area contributed by atoms with E-state index in [9.17, 15) is 4.79 Å². The molecular formula is C27H24N2O2. The monoisotopic (exact) mass is 408 g/mol. The first-order chi connectivity index (χ1) is 15.3. The first-order valence-corrected chi connectivity index (χ1v) is 10.7. The van der Waals surface area contributed by atoms with Gasteiger partial charge in [-0.05, 0) is 47.7 Å². The number of benzene rings is 3. The van der Waals surface area contributed by atoms with Gasteiger partial charge in [-0.2, -0.15) is 0 Å². The Bertz CT molecular complexity index is 1230. The molecule has 0 unspecified atom stereocenters. The lowest BCUT2D eigenvalue weighted by atomic mass is 9.99. The number of rotatable bonds is 5. The van der Waals surface area contributed by atoms with Crippen LogP contribution in [-0.4, -0.2) is 28.9 Å². The third-order valence-corrected chi connectivity index (χ3v) is 5.79. The van der Waals surface area contributed by atoms with Gasteiger partial charge >= 0.3 is 0 Å². The van der Waals surface area contributed by atoms with Crippen molar-refractivity contribution in [3.63, 3.8) is 0 Å². The third kappa shape index (κ3) is 4.29. The maximum atomic E-state index is 13.0. The Hall–Kier alpha value is -3.66. The first kappa shape index (κ1) is 19.3. The number of aryl methyl sites for hydroxylation is 2. The fourth-order valence-corrected chi connectivity index (χ4v) is 4.06. The number of carbonyl (C=O) groups excluding carboxylic acids is 1. The Kier molecular flexibility index (Phi) is 5.36. The van der Waals surface area contributed by atoms with Gasteiger partial charge < -0.3 is 9.32 Å². The number of aromatic nitrogens is 1. The van der Waals surface area contributed by atoms with Gasteiger partial charge in [0.1, 0.15) is 5.52 Å². The second-order valence-electron chi connectivity index (χ2n) is 7.87. The summed E-state index contributed by atoms with van der Waals surface area (Å²) in [4.78, 5) is 19.6. The van der Waals surface area contributed by atoms with Crippen LogP contribution < -0.4 is 0 Å². The average molecular weight is 409 g/mol. The zero-order chi connectivity index (χ0) is 21.0. The Balaban J connectivity index is 1.28. The molecule has 154 valence electrons. The number of amides is 1. The topological polar surface area (TPSA) is 46.3 Å². The van der Waals surface area contributed by atoms with Gasteiger partial charge in [0.2, 0.25) is 0 Å². The van der Waals surface area contributed by atoms with E-state index in [1.54, 1.807) is 0 Å². The highest BCUT2D eigenvalue weighted by molar-refractivity contribution is 5.97. The van der Waals surface area contributed by atoms with Crippen molar-refractivity contribution < 1.29 is 9.21 Å². The number of hydrogen-bond donors (Lipinski definition) is 0. The molecule has 0 aliphatic carbocycles. The lowest BCUT2D eigenvalue weighted by Gasteiger charge is -2.26. The lowest BCUT2D eigenvalue weighted by Crippen LogP contribution is -2.34. The van der Waals surface area contributed by atoms with E-state index in [1.807, 2.05) is 47.4 Å². The maximum absolute atomic E-state index is 13.0. The normalized spacial score (nSPS) is 13.9. The molecule has 4 aromatic rings. The summed E-state index contributed by atoms with van der Waals surface area (Å²) in [5.41, 5.74) is 5.93. The zero-order valence-corrected chi connectivity index (χ0v) is 17.3. The van der Waals surface area contributed by atoms with Crippen molar-refractivity contribution in [1.29, 1.82) is 0 Å². The first-order valence-electron chi connectivity index (χ1n) is 10.7. The van der Waals surface area contributed by atoms with E-state index in [0.29, 0.717) is 18.0 Å². The van der Waals surface area contributed by atoms with Crippen molar-refractivity contribution in [3.05, 3.63) is 108 Å². The molecule has 0 saturated carbocycles. The highest BCUT2D eigenvalue weighted by Gasteiger charge is 2.20. The lowest BCUT2D eigenvalue weighted by molar-refractivity contribution is 0.0773. The summed E-state index contributed by atoms with van der Waals surface area (Å²) in [5, 5.41) is 0. The van der Waals surface area contributed by atoms with E-state index in [2.05, 4.69) is 47.5 Å². The van der Waals surface area contributed by atoms with E-state index in [1.165, 1.54) is 16.7 Å². The number of hydrogen-bond acceptors (Lipinski definition) is 3. The summed E-state index contributed by atoms with van der Waals surface area (Å²) >= 11 is 0. The van der Waals surface area contributed by atoms with Crippen molar-refractivity contribution in [2.45, 2.75) is 19.3 Å². The van der Waals surface area contributed by atoms with E-state index in [-0.39, 0.29) is 5.91 Å². The minimum Gasteiger partial charge on any atom is -0.441 e. The number of carbonyl (C=O) groups is 1. The Morgan fingerprint density at radius 1 is 0.935 bits per heavy atom. The molecule has 2 heterocycles. The summed E-state index contributed by atoms with van der Waals surface area (Å²) in [6.07, 6.45) is 4.64. The van der Waals surface area contributed by atoms with Crippen LogP contribution in [-0.2, 0) is 12.8 Å². The summed E-state index contributed by atoms with van der Waals surface area (Å²) < 4.78 is 5.89. The standard InChI is InChI=1S/C27H24N2O2/c30-27(29-17-15-22(16-18-29)21-9-5-2-6-10-21)23-12-13-25-24(19-23)28-26(31-25)14-11-20-7-3-1-4-8-20/h1-10,12-13,15,19H,11,14,16-18H2. The molecule has 1 aromatic heterocycles. The second-order valence-corrected chi connectivity index (χ2v) is 7.87. The van der Waals surface area contributed by atoms with Crippen molar-refractivity contribution in [1.82, 2.24) is 9.88 Å². The highest BCUT2D eigenvalue weighted by atomic mass is 16.3. The van der Waals surface area contributed by atoms with Gasteiger partial charge in [0, 0.05) is 25.1 Å². The van der Waals surface area contributed by atoms with E-state index >= 15 is 0 Å². The van der Waals surface area contributed by atoms with Gasteiger partial charge in [0.15, 0.2) is 11.5 Å². The highest BCUT2D eigenvalue weighted by Crippen LogP contribution is 2.24. The van der Waals surface area contributed by atoms with E-state index in [4.69, 9.17) is 4.42 Å². The van der Waals surface area contributed by atoms with Crippen LogP contribution in [0.3, 0.4) is 0 Å². The van der Waals surface area contributed by atoms with Gasteiger partial charge in [-0.25, -0.2) is 4.98 Å². The van der Waals surface area contributed by atoms with Gasteiger partial charge in [-0.15, -0.1) is 0 Å². The molecule has 31 heavy (non-hydrogen) atoms. The summed E-state index contributed by atoms with van der Waals surface area (Å²) in [6, 6.07) is 26.2. The molecule has 0 spiro atoms. The van der Waals surface area contributed by atoms with E-state index in [0.717, 1.165) is 36.9 Å². The van der Waals surface area contributed by atoms with Crippen LogP contribution in [0.2, 0.25) is 0 Å². The molecule has 0 radical (unpaired) electrons. The van der Waals surface area contributed by atoms with Crippen molar-refractivity contribution >= 4 is 22.6 Å². The molecule has 3 aromatic carbocycles. The van der Waals surface area contributed by atoms with Crippen LogP contribution in [0.4, 0.5) is 0 Å². The molecule has 0 bridgehead atoms. The Morgan fingerprint density at radius 3 is 2.45 bits per heavy atom. The largest absolute Gasteiger partial charge is 0.441 e. The minimum absolute atomic E-state index is 0.0408. The summed E-state index contributed by atoms with van der Waals surface area (Å²) in [6.45, 7) is 1.35. The smallest absolute Gasteiger partial charge is 0.254 e. The molecule has 0 N–H and O–H groups in total. The third-order valence-electron chi connectivity index (χ3n) is 5.79. The molecule has 1 amide bonds. The van der Waals surface area contributed by atoms with Crippen LogP contribution in [0.25, 0.3) is 16.7 Å². The molecular weight excluding hydrogens is 384 g/mol. The summed E-state index contributed by atoms with van der Waals surface area (Å²) in [7, 11) is 0. The van der Waals surface area contributed by atoms with Crippen LogP contribution in [0.5, 0.6) is 0 Å². The molecule has 4 nitrogen and oxygen atoms in total. The fourth-order valence-electron chi connectivity index (χ4n) is 4.06. The van der Waals surface area contributed by atoms with Gasteiger partial charge in [0.05, 0.1) is 0 Å². The number of fused-ring (bicyclic) bond motifs is 1. The molecule has 0 atom stereocenters. The number of nitrogens with zero attached hydrogens (tertiary/aromatic N) is 2. The van der Waals surface area contributed by atoms with Crippen molar-refractivity contribution in [3.8, 4) is 0 Å². The van der Waals surface area contributed by atoms with Crippen molar-refractivity contribution in [2.24, 2.45) is 0 Å². The Labute approximate surface area is 181 Å². The van der Waals surface area contributed by atoms with Crippen LogP contribution in [0.1, 0.15) is 33.8 Å². The second kappa shape index (κ2) is 8.60.